The molecule has 214 valence electrons. The topological polar surface area (TPSA) is 52.7 Å². The summed E-state index contributed by atoms with van der Waals surface area (Å²) in [5, 5.41) is 7.93. The number of nitrogens with one attached hydrogen (secondary N) is 3. The smallest absolute Gasteiger partial charge is 0.0651 e. The van der Waals surface area contributed by atoms with Gasteiger partial charge in [0, 0.05) is 58.1 Å². The van der Waals surface area contributed by atoms with Gasteiger partial charge in [-0.25, -0.2) is 0 Å². The number of hydrogen-bond acceptors (Lipinski definition) is 3. The number of rotatable bonds is 10. The van der Waals surface area contributed by atoms with Crippen LogP contribution in [0, 0.1) is 5.41 Å². The third-order valence-electron chi connectivity index (χ3n) is 6.81. The number of benzene rings is 1. The van der Waals surface area contributed by atoms with Crippen molar-refractivity contribution in [3.05, 3.63) is 127 Å². The summed E-state index contributed by atoms with van der Waals surface area (Å²) in [5.41, 5.74) is 11.5. The summed E-state index contributed by atoms with van der Waals surface area (Å²) in [4.78, 5) is 8.03. The van der Waals surface area contributed by atoms with E-state index < -0.39 is 0 Å². The van der Waals surface area contributed by atoms with Crippen molar-refractivity contribution in [2.24, 2.45) is 5.41 Å². The number of fused-ring (bicyclic) bond motifs is 1. The number of aromatic amines is 1. The molecule has 0 atom stereocenters. The van der Waals surface area contributed by atoms with Gasteiger partial charge in [-0.3, -0.25) is 4.98 Å². The number of aromatic nitrogens is 2. The molecule has 3 N–H and O–H groups in total. The number of pyridine rings is 1. The zero-order valence-electron chi connectivity index (χ0n) is 25.9. The average molecular weight is 547 g/mol. The molecule has 4 nitrogen and oxygen atoms in total. The molecule has 0 saturated carbocycles. The van der Waals surface area contributed by atoms with E-state index in [-0.39, 0.29) is 5.41 Å². The molecule has 0 saturated heterocycles. The maximum atomic E-state index is 4.51. The van der Waals surface area contributed by atoms with E-state index in [0.29, 0.717) is 0 Å². The Kier molecular flexibility index (Phi) is 10.5. The maximum Gasteiger partial charge on any atom is 0.0651 e. The average Bonchev–Trinajstić information content (AvgIpc) is 3.65. The summed E-state index contributed by atoms with van der Waals surface area (Å²) < 4.78 is 0. The maximum absolute atomic E-state index is 4.51. The second-order valence-electron chi connectivity index (χ2n) is 11.1. The van der Waals surface area contributed by atoms with Gasteiger partial charge in [-0.1, -0.05) is 84.7 Å². The highest BCUT2D eigenvalue weighted by Gasteiger charge is 2.16. The van der Waals surface area contributed by atoms with Gasteiger partial charge in [0.15, 0.2) is 0 Å². The lowest BCUT2D eigenvalue weighted by atomic mass is 9.91. The molecule has 2 aromatic heterocycles. The van der Waals surface area contributed by atoms with Crippen molar-refractivity contribution in [1.82, 2.24) is 15.3 Å². The van der Waals surface area contributed by atoms with Gasteiger partial charge in [0.1, 0.15) is 0 Å². The van der Waals surface area contributed by atoms with Gasteiger partial charge in [-0.05, 0) is 72.2 Å². The van der Waals surface area contributed by atoms with Crippen LogP contribution >= 0.6 is 0 Å². The second-order valence-corrected chi connectivity index (χ2v) is 11.1. The largest absolute Gasteiger partial charge is 0.388 e. The minimum atomic E-state index is 0.155. The molecule has 1 aliphatic rings. The summed E-state index contributed by atoms with van der Waals surface area (Å²) in [6.07, 6.45) is 18.3. The van der Waals surface area contributed by atoms with Crippen LogP contribution in [0.1, 0.15) is 76.8 Å². The van der Waals surface area contributed by atoms with Crippen LogP contribution < -0.4 is 10.6 Å². The highest BCUT2D eigenvalue weighted by atomic mass is 14.9. The minimum absolute atomic E-state index is 0.155. The lowest BCUT2D eigenvalue weighted by molar-refractivity contribution is 0.403. The molecular weight excluding hydrogens is 500 g/mol. The fourth-order valence-electron chi connectivity index (χ4n) is 4.97. The van der Waals surface area contributed by atoms with Gasteiger partial charge in [0.2, 0.25) is 0 Å². The third kappa shape index (κ3) is 7.67. The molecule has 0 spiro atoms. The molecule has 3 aromatic rings. The minimum Gasteiger partial charge on any atom is -0.388 e. The first-order chi connectivity index (χ1) is 19.6. The first-order valence-electron chi connectivity index (χ1n) is 14.4. The zero-order chi connectivity index (χ0) is 30.2. The Hall–Kier alpha value is -4.31. The Morgan fingerprint density at radius 3 is 2.49 bits per heavy atom. The highest BCUT2D eigenvalue weighted by Crippen LogP contribution is 2.35. The third-order valence-corrected chi connectivity index (χ3v) is 6.81. The predicted molar refractivity (Wildman–Crippen MR) is 182 cm³/mol. The molecule has 4 heteroatoms. The Bertz CT molecular complexity index is 1550. The standard InChI is InChI=1S/C35H40N4.C2H6/c1-9-25(17-28(10-2)38-23(3)20-35(5,6)7)27-15-16-32(36-8)29(18-27)24(4)33-19-30-31(26-13-11-12-14-26)21-37-22-34(30)39-33;1-2/h9-11,13-19,21-22,36,38-39H,2-4,12,20H2,1,5-8H3;1-2H3/b25-9+,28-17+;. The van der Waals surface area contributed by atoms with Crippen LogP contribution in [0.5, 0.6) is 0 Å². The second kappa shape index (κ2) is 13.8. The van der Waals surface area contributed by atoms with Gasteiger partial charge < -0.3 is 15.6 Å². The molecule has 1 aliphatic carbocycles. The molecule has 4 rings (SSSR count). The van der Waals surface area contributed by atoms with E-state index in [0.717, 1.165) is 74.4 Å². The van der Waals surface area contributed by atoms with Gasteiger partial charge in [-0.2, -0.15) is 0 Å². The zero-order valence-corrected chi connectivity index (χ0v) is 25.9. The van der Waals surface area contributed by atoms with E-state index in [1.807, 2.05) is 39.4 Å². The van der Waals surface area contributed by atoms with E-state index in [1.54, 1.807) is 0 Å². The van der Waals surface area contributed by atoms with E-state index >= 15 is 0 Å². The SMILES string of the molecule is C=C/C(=C\C(=C/C)c1ccc(NC)c(C(=C)c2cc3c(C4=CCC=C4)cncc3[nH]2)c1)NC(=C)CC(C)(C)C.CC. The van der Waals surface area contributed by atoms with Crippen molar-refractivity contribution in [3.63, 3.8) is 0 Å². The number of anilines is 1. The molecular formula is C37H46N4. The van der Waals surface area contributed by atoms with Gasteiger partial charge in [0.25, 0.3) is 0 Å². The van der Waals surface area contributed by atoms with Crippen LogP contribution in [0.25, 0.3) is 27.6 Å². The van der Waals surface area contributed by atoms with Crippen LogP contribution in [-0.4, -0.2) is 17.0 Å². The predicted octanol–water partition coefficient (Wildman–Crippen LogP) is 10.0. The molecule has 0 amide bonds. The molecule has 41 heavy (non-hydrogen) atoms. The van der Waals surface area contributed by atoms with Crippen LogP contribution in [0.4, 0.5) is 5.69 Å². The highest BCUT2D eigenvalue weighted by molar-refractivity contribution is 5.98. The Balaban J connectivity index is 0.00000226. The van der Waals surface area contributed by atoms with Crippen molar-refractivity contribution in [3.8, 4) is 0 Å². The fraction of sp³-hybridized carbons (Fsp3) is 0.270. The van der Waals surface area contributed by atoms with E-state index in [9.17, 15) is 0 Å². The molecule has 0 fully saturated rings. The van der Waals surface area contributed by atoms with Gasteiger partial charge >= 0.3 is 0 Å². The summed E-state index contributed by atoms with van der Waals surface area (Å²) in [6.45, 7) is 25.4. The van der Waals surface area contributed by atoms with E-state index in [2.05, 4.69) is 123 Å². The molecule has 0 aliphatic heterocycles. The summed E-state index contributed by atoms with van der Waals surface area (Å²) in [5.74, 6) is 0. The monoisotopic (exact) mass is 546 g/mol. The Morgan fingerprint density at radius 1 is 1.12 bits per heavy atom. The van der Waals surface area contributed by atoms with Crippen LogP contribution in [0.2, 0.25) is 0 Å². The summed E-state index contributed by atoms with van der Waals surface area (Å²) in [6, 6.07) is 8.62. The van der Waals surface area contributed by atoms with Crippen molar-refractivity contribution >= 4 is 33.3 Å². The van der Waals surface area contributed by atoms with Crippen molar-refractivity contribution in [1.29, 1.82) is 0 Å². The first kappa shape index (κ1) is 31.2. The normalized spacial score (nSPS) is 13.4. The number of H-pyrrole nitrogens is 1. The first-order valence-corrected chi connectivity index (χ1v) is 14.4. The molecule has 2 heterocycles. The quantitative estimate of drug-likeness (QED) is 0.222. The van der Waals surface area contributed by atoms with Crippen molar-refractivity contribution < 1.29 is 0 Å². The van der Waals surface area contributed by atoms with Crippen molar-refractivity contribution in [2.45, 2.75) is 54.4 Å². The fourth-order valence-corrected chi connectivity index (χ4v) is 4.97. The van der Waals surface area contributed by atoms with Crippen LogP contribution in [0.15, 0.2) is 104 Å². The van der Waals surface area contributed by atoms with Crippen molar-refractivity contribution in [2.75, 3.05) is 12.4 Å². The Morgan fingerprint density at radius 2 is 1.88 bits per heavy atom. The van der Waals surface area contributed by atoms with Gasteiger partial charge in [-0.15, -0.1) is 0 Å². The molecule has 1 aromatic carbocycles. The summed E-state index contributed by atoms with van der Waals surface area (Å²) in [7, 11) is 1.94. The van der Waals surface area contributed by atoms with Gasteiger partial charge in [0.05, 0.1) is 11.7 Å². The molecule has 0 radical (unpaired) electrons. The van der Waals surface area contributed by atoms with E-state index in [1.165, 1.54) is 5.57 Å². The Labute approximate surface area is 247 Å². The number of nitrogens with zero attached hydrogens (tertiary/aromatic N) is 1. The molecule has 0 bridgehead atoms. The summed E-state index contributed by atoms with van der Waals surface area (Å²) >= 11 is 0. The molecule has 0 unspecified atom stereocenters. The lowest BCUT2D eigenvalue weighted by Crippen LogP contribution is -2.16. The lowest BCUT2D eigenvalue weighted by Gasteiger charge is -2.21. The number of allylic oxidation sites excluding steroid dienone is 9. The van der Waals surface area contributed by atoms with E-state index in [4.69, 9.17) is 0 Å². The van der Waals surface area contributed by atoms with Crippen LogP contribution in [0.3, 0.4) is 0 Å². The number of hydrogen-bond donors (Lipinski definition) is 3. The van der Waals surface area contributed by atoms with Crippen LogP contribution in [-0.2, 0) is 0 Å².